The molecular weight excluding hydrogens is 288 g/mol. The molecule has 0 aliphatic carbocycles. The summed E-state index contributed by atoms with van der Waals surface area (Å²) in [5.74, 6) is 0. The summed E-state index contributed by atoms with van der Waals surface area (Å²) in [6.07, 6.45) is 3.39. The normalized spacial score (nSPS) is 16.2. The van der Waals surface area contributed by atoms with Crippen molar-refractivity contribution in [3.8, 4) is 11.1 Å². The molecule has 110 valence electrons. The number of aromatic nitrogens is 1. The van der Waals surface area contributed by atoms with Crippen molar-refractivity contribution in [3.63, 3.8) is 0 Å². The van der Waals surface area contributed by atoms with Gasteiger partial charge in [-0.2, -0.15) is 4.31 Å². The molecule has 1 aromatic carbocycles. The van der Waals surface area contributed by atoms with Crippen LogP contribution < -0.4 is 5.56 Å². The Morgan fingerprint density at radius 1 is 1.00 bits per heavy atom. The molecule has 1 aromatic heterocycles. The fraction of sp³-hybridized carbons (Fsp3) is 0.267. The van der Waals surface area contributed by atoms with Gasteiger partial charge in [0.1, 0.15) is 0 Å². The maximum atomic E-state index is 12.4. The number of H-pyrrole nitrogens is 1. The molecule has 1 saturated heterocycles. The van der Waals surface area contributed by atoms with Crippen LogP contribution in [0.2, 0.25) is 0 Å². The van der Waals surface area contributed by atoms with E-state index in [0.717, 1.165) is 12.8 Å². The Bertz CT molecular complexity index is 788. The number of pyridine rings is 1. The van der Waals surface area contributed by atoms with Gasteiger partial charge in [-0.15, -0.1) is 0 Å². The third-order valence-electron chi connectivity index (χ3n) is 3.69. The highest BCUT2D eigenvalue weighted by Gasteiger charge is 2.26. The minimum atomic E-state index is -3.40. The minimum absolute atomic E-state index is 0.187. The Morgan fingerprint density at radius 3 is 2.29 bits per heavy atom. The quantitative estimate of drug-likeness (QED) is 0.940. The summed E-state index contributed by atoms with van der Waals surface area (Å²) in [6.45, 7) is 1.17. The van der Waals surface area contributed by atoms with Gasteiger partial charge in [-0.05, 0) is 42.7 Å². The summed E-state index contributed by atoms with van der Waals surface area (Å²) in [5, 5.41) is 0. The molecule has 1 N–H and O–H groups in total. The Labute approximate surface area is 123 Å². The third kappa shape index (κ3) is 2.64. The second kappa shape index (κ2) is 5.46. The zero-order chi connectivity index (χ0) is 14.9. The molecule has 1 aliphatic rings. The lowest BCUT2D eigenvalue weighted by atomic mass is 10.1. The summed E-state index contributed by atoms with van der Waals surface area (Å²) >= 11 is 0. The van der Waals surface area contributed by atoms with Crippen molar-refractivity contribution in [1.29, 1.82) is 0 Å². The highest BCUT2D eigenvalue weighted by atomic mass is 32.2. The first kappa shape index (κ1) is 14.0. The molecule has 3 rings (SSSR count). The molecule has 1 fully saturated rings. The summed E-state index contributed by atoms with van der Waals surface area (Å²) < 4.78 is 26.3. The highest BCUT2D eigenvalue weighted by molar-refractivity contribution is 7.89. The predicted octanol–water partition coefficient (Wildman–Crippen LogP) is 1.83. The van der Waals surface area contributed by atoms with Crippen LogP contribution >= 0.6 is 0 Å². The van der Waals surface area contributed by atoms with Crippen LogP contribution in [0.5, 0.6) is 0 Å². The number of nitrogens with zero attached hydrogens (tertiary/aromatic N) is 1. The molecule has 0 radical (unpaired) electrons. The van der Waals surface area contributed by atoms with Gasteiger partial charge in [0.15, 0.2) is 0 Å². The maximum Gasteiger partial charge on any atom is 0.255 e. The third-order valence-corrected chi connectivity index (χ3v) is 5.60. The number of sulfonamides is 1. The van der Waals surface area contributed by atoms with Crippen LogP contribution in [0, 0.1) is 0 Å². The first-order valence-corrected chi connectivity index (χ1v) is 8.31. The number of nitrogens with one attached hydrogen (secondary N) is 1. The SMILES string of the molecule is O=c1[nH]cccc1-c1ccc(S(=O)(=O)N2CCCC2)cc1. The molecule has 0 saturated carbocycles. The standard InChI is InChI=1S/C15H16N2O3S/c18-15-14(4-3-9-16-15)12-5-7-13(8-6-12)21(19,20)17-10-1-2-11-17/h3-9H,1-2,10-11H2,(H,16,18). The zero-order valence-corrected chi connectivity index (χ0v) is 12.3. The largest absolute Gasteiger partial charge is 0.329 e. The van der Waals surface area contributed by atoms with Gasteiger partial charge in [0.2, 0.25) is 10.0 Å². The van der Waals surface area contributed by atoms with Crippen LogP contribution in [0.3, 0.4) is 0 Å². The van der Waals surface area contributed by atoms with Crippen LogP contribution in [0.25, 0.3) is 11.1 Å². The summed E-state index contributed by atoms with van der Waals surface area (Å²) in [7, 11) is -3.40. The molecule has 0 amide bonds. The molecule has 1 aliphatic heterocycles. The van der Waals surface area contributed by atoms with E-state index < -0.39 is 10.0 Å². The van der Waals surface area contributed by atoms with Gasteiger partial charge in [-0.25, -0.2) is 8.42 Å². The number of hydrogen-bond acceptors (Lipinski definition) is 3. The first-order chi connectivity index (χ1) is 10.1. The smallest absolute Gasteiger partial charge is 0.255 e. The Hall–Kier alpha value is -1.92. The Balaban J connectivity index is 1.95. The minimum Gasteiger partial charge on any atom is -0.329 e. The van der Waals surface area contributed by atoms with Crippen LogP contribution in [0.4, 0.5) is 0 Å². The van der Waals surface area contributed by atoms with Gasteiger partial charge in [-0.1, -0.05) is 12.1 Å². The Kier molecular flexibility index (Phi) is 3.65. The first-order valence-electron chi connectivity index (χ1n) is 6.87. The topological polar surface area (TPSA) is 70.2 Å². The van der Waals surface area contributed by atoms with Gasteiger partial charge in [0.05, 0.1) is 4.90 Å². The van der Waals surface area contributed by atoms with Gasteiger partial charge in [-0.3, -0.25) is 4.79 Å². The number of benzene rings is 1. The van der Waals surface area contributed by atoms with E-state index in [1.54, 1.807) is 42.6 Å². The lowest BCUT2D eigenvalue weighted by molar-refractivity contribution is 0.477. The average molecular weight is 304 g/mol. The van der Waals surface area contributed by atoms with Crippen LogP contribution in [0.15, 0.2) is 52.3 Å². The molecule has 5 nitrogen and oxygen atoms in total. The van der Waals surface area contributed by atoms with E-state index in [1.165, 1.54) is 4.31 Å². The van der Waals surface area contributed by atoms with Crippen molar-refractivity contribution in [3.05, 3.63) is 52.9 Å². The second-order valence-electron chi connectivity index (χ2n) is 5.05. The summed E-state index contributed by atoms with van der Waals surface area (Å²) in [4.78, 5) is 14.6. The van der Waals surface area contributed by atoms with E-state index in [2.05, 4.69) is 4.98 Å². The van der Waals surface area contributed by atoms with Gasteiger partial charge in [0.25, 0.3) is 5.56 Å². The van der Waals surface area contributed by atoms with Crippen molar-refractivity contribution >= 4 is 10.0 Å². The van der Waals surface area contributed by atoms with Crippen molar-refractivity contribution in [2.75, 3.05) is 13.1 Å². The van der Waals surface area contributed by atoms with Gasteiger partial charge < -0.3 is 4.98 Å². The van der Waals surface area contributed by atoms with Crippen LogP contribution in [-0.4, -0.2) is 30.8 Å². The predicted molar refractivity (Wildman–Crippen MR) is 80.5 cm³/mol. The molecule has 21 heavy (non-hydrogen) atoms. The van der Waals surface area contributed by atoms with E-state index in [0.29, 0.717) is 24.2 Å². The molecule has 0 spiro atoms. The van der Waals surface area contributed by atoms with Crippen LogP contribution in [-0.2, 0) is 10.0 Å². The maximum absolute atomic E-state index is 12.4. The van der Waals surface area contributed by atoms with Gasteiger partial charge in [0, 0.05) is 24.8 Å². The van der Waals surface area contributed by atoms with Gasteiger partial charge >= 0.3 is 0 Å². The molecular formula is C15H16N2O3S. The fourth-order valence-electron chi connectivity index (χ4n) is 2.53. The zero-order valence-electron chi connectivity index (χ0n) is 11.5. The molecule has 0 unspecified atom stereocenters. The molecule has 2 heterocycles. The molecule has 0 atom stereocenters. The van der Waals surface area contributed by atoms with Crippen molar-refractivity contribution in [1.82, 2.24) is 9.29 Å². The highest BCUT2D eigenvalue weighted by Crippen LogP contribution is 2.23. The molecule has 6 heteroatoms. The number of aromatic amines is 1. The molecule has 0 bridgehead atoms. The molecule has 2 aromatic rings. The van der Waals surface area contributed by atoms with E-state index in [1.807, 2.05) is 0 Å². The number of rotatable bonds is 3. The number of hydrogen-bond donors (Lipinski definition) is 1. The van der Waals surface area contributed by atoms with Crippen LogP contribution in [0.1, 0.15) is 12.8 Å². The van der Waals surface area contributed by atoms with E-state index in [4.69, 9.17) is 0 Å². The van der Waals surface area contributed by atoms with Crippen molar-refractivity contribution in [2.24, 2.45) is 0 Å². The van der Waals surface area contributed by atoms with Crippen molar-refractivity contribution < 1.29 is 8.42 Å². The van der Waals surface area contributed by atoms with E-state index in [9.17, 15) is 13.2 Å². The average Bonchev–Trinajstić information content (AvgIpc) is 3.03. The second-order valence-corrected chi connectivity index (χ2v) is 6.99. The summed E-state index contributed by atoms with van der Waals surface area (Å²) in [5.41, 5.74) is 1.05. The van der Waals surface area contributed by atoms with E-state index >= 15 is 0 Å². The Morgan fingerprint density at radius 2 is 1.67 bits per heavy atom. The summed E-state index contributed by atoms with van der Waals surface area (Å²) in [6, 6.07) is 9.93. The fourth-order valence-corrected chi connectivity index (χ4v) is 4.05. The van der Waals surface area contributed by atoms with Crippen molar-refractivity contribution in [2.45, 2.75) is 17.7 Å². The monoisotopic (exact) mass is 304 g/mol. The van der Waals surface area contributed by atoms with E-state index in [-0.39, 0.29) is 10.5 Å². The lowest BCUT2D eigenvalue weighted by Gasteiger charge is -2.15. The lowest BCUT2D eigenvalue weighted by Crippen LogP contribution is -2.27.